The summed E-state index contributed by atoms with van der Waals surface area (Å²) in [6.07, 6.45) is -3.04. The fourth-order valence-electron chi connectivity index (χ4n) is 0.975. The molecule has 0 saturated carbocycles. The van der Waals surface area contributed by atoms with E-state index in [2.05, 4.69) is 0 Å². The van der Waals surface area contributed by atoms with Gasteiger partial charge in [-0.15, -0.1) is 0 Å². The summed E-state index contributed by atoms with van der Waals surface area (Å²) < 4.78 is 23.7. The topological polar surface area (TPSA) is 49.3 Å². The van der Waals surface area contributed by atoms with Gasteiger partial charge in [0.1, 0.15) is 5.75 Å². The number of phenols is 1. The Bertz CT molecular complexity index is 353. The number of benzene rings is 1. The third-order valence-corrected chi connectivity index (χ3v) is 1.67. The highest BCUT2D eigenvalue weighted by Crippen LogP contribution is 2.20. The quantitative estimate of drug-likeness (QED) is 0.718. The molecule has 0 fully saturated rings. The first-order valence-corrected chi connectivity index (χ1v) is 3.89. The van der Waals surface area contributed by atoms with Gasteiger partial charge in [0, 0.05) is 5.69 Å². The van der Waals surface area contributed by atoms with E-state index < -0.39 is 12.3 Å². The molecule has 3 nitrogen and oxygen atoms in total. The lowest BCUT2D eigenvalue weighted by atomic mass is 10.2. The first-order chi connectivity index (χ1) is 6.50. The SMILES string of the molecule is Cc1cc(O)ccc1NC(=O)C(F)F. The number of phenolic OH excluding ortho intramolecular Hbond substituents is 1. The number of halogens is 2. The van der Waals surface area contributed by atoms with Crippen LogP contribution >= 0.6 is 0 Å². The highest BCUT2D eigenvalue weighted by Gasteiger charge is 2.15. The molecule has 0 heterocycles. The maximum Gasteiger partial charge on any atom is 0.315 e. The Balaban J connectivity index is 2.82. The molecule has 0 radical (unpaired) electrons. The van der Waals surface area contributed by atoms with Crippen molar-refractivity contribution in [1.29, 1.82) is 0 Å². The maximum absolute atomic E-state index is 11.9. The van der Waals surface area contributed by atoms with Crippen molar-refractivity contribution in [1.82, 2.24) is 0 Å². The van der Waals surface area contributed by atoms with E-state index in [1.165, 1.54) is 18.2 Å². The van der Waals surface area contributed by atoms with Gasteiger partial charge in [0.2, 0.25) is 0 Å². The summed E-state index contributed by atoms with van der Waals surface area (Å²) in [6, 6.07) is 4.06. The van der Waals surface area contributed by atoms with Gasteiger partial charge < -0.3 is 10.4 Å². The second-order valence-corrected chi connectivity index (χ2v) is 2.79. The highest BCUT2D eigenvalue weighted by molar-refractivity contribution is 5.93. The minimum Gasteiger partial charge on any atom is -0.508 e. The number of hydrogen-bond donors (Lipinski definition) is 2. The lowest BCUT2D eigenvalue weighted by molar-refractivity contribution is -0.126. The zero-order valence-corrected chi connectivity index (χ0v) is 7.42. The van der Waals surface area contributed by atoms with Gasteiger partial charge >= 0.3 is 6.43 Å². The van der Waals surface area contributed by atoms with Crippen LogP contribution in [0.3, 0.4) is 0 Å². The molecule has 0 saturated heterocycles. The number of rotatable bonds is 2. The van der Waals surface area contributed by atoms with Crippen molar-refractivity contribution in [3.8, 4) is 5.75 Å². The molecule has 1 rings (SSSR count). The van der Waals surface area contributed by atoms with Crippen molar-refractivity contribution in [3.63, 3.8) is 0 Å². The number of anilines is 1. The summed E-state index contributed by atoms with van der Waals surface area (Å²) in [4.78, 5) is 10.6. The second-order valence-electron chi connectivity index (χ2n) is 2.79. The molecule has 76 valence electrons. The highest BCUT2D eigenvalue weighted by atomic mass is 19.3. The predicted molar refractivity (Wildman–Crippen MR) is 47.5 cm³/mol. The first kappa shape index (κ1) is 10.4. The average molecular weight is 201 g/mol. The number of carbonyl (C=O) groups excluding carboxylic acids is 1. The molecule has 0 bridgehead atoms. The Kier molecular flexibility index (Phi) is 3.01. The van der Waals surface area contributed by atoms with E-state index in [0.717, 1.165) is 0 Å². The zero-order chi connectivity index (χ0) is 10.7. The van der Waals surface area contributed by atoms with Crippen LogP contribution in [-0.4, -0.2) is 17.4 Å². The lowest BCUT2D eigenvalue weighted by Crippen LogP contribution is -2.20. The normalized spacial score (nSPS) is 10.3. The monoisotopic (exact) mass is 201 g/mol. The molecule has 0 atom stereocenters. The van der Waals surface area contributed by atoms with Gasteiger partial charge in [0.05, 0.1) is 0 Å². The minimum atomic E-state index is -3.04. The zero-order valence-electron chi connectivity index (χ0n) is 7.42. The van der Waals surface area contributed by atoms with Crippen LogP contribution in [-0.2, 0) is 4.79 Å². The summed E-state index contributed by atoms with van der Waals surface area (Å²) in [5.74, 6) is -1.32. The molecule has 0 aliphatic heterocycles. The molecule has 0 aliphatic rings. The van der Waals surface area contributed by atoms with E-state index in [4.69, 9.17) is 5.11 Å². The van der Waals surface area contributed by atoms with Crippen molar-refractivity contribution in [3.05, 3.63) is 23.8 Å². The van der Waals surface area contributed by atoms with Gasteiger partial charge in [-0.2, -0.15) is 8.78 Å². The first-order valence-electron chi connectivity index (χ1n) is 3.89. The summed E-state index contributed by atoms with van der Waals surface area (Å²) >= 11 is 0. The van der Waals surface area contributed by atoms with Gasteiger partial charge in [-0.05, 0) is 30.7 Å². The third kappa shape index (κ3) is 2.42. The van der Waals surface area contributed by atoms with Gasteiger partial charge in [-0.1, -0.05) is 0 Å². The molecule has 0 aliphatic carbocycles. The van der Waals surface area contributed by atoms with Crippen molar-refractivity contribution in [2.75, 3.05) is 5.32 Å². The van der Waals surface area contributed by atoms with E-state index in [9.17, 15) is 13.6 Å². The molecule has 1 aromatic carbocycles. The molecule has 1 aromatic rings. The summed E-state index contributed by atoms with van der Waals surface area (Å²) in [5, 5.41) is 11.1. The minimum absolute atomic E-state index is 0.0255. The number of alkyl halides is 2. The van der Waals surface area contributed by atoms with Crippen molar-refractivity contribution in [2.24, 2.45) is 0 Å². The smallest absolute Gasteiger partial charge is 0.315 e. The Morgan fingerprint density at radius 1 is 1.50 bits per heavy atom. The Labute approximate surface area is 79.4 Å². The fraction of sp³-hybridized carbons (Fsp3) is 0.222. The van der Waals surface area contributed by atoms with Crippen LogP contribution in [0.1, 0.15) is 5.56 Å². The summed E-state index contributed by atoms with van der Waals surface area (Å²) in [6.45, 7) is 1.60. The van der Waals surface area contributed by atoms with Gasteiger partial charge in [-0.25, -0.2) is 0 Å². The van der Waals surface area contributed by atoms with Crippen molar-refractivity contribution in [2.45, 2.75) is 13.3 Å². The molecular formula is C9H9F2NO2. The fourth-order valence-corrected chi connectivity index (χ4v) is 0.975. The number of nitrogens with one attached hydrogen (secondary N) is 1. The average Bonchev–Trinajstić information content (AvgIpc) is 2.09. The molecular weight excluding hydrogens is 192 g/mol. The number of aryl methyl sites for hydroxylation is 1. The van der Waals surface area contributed by atoms with Crippen LogP contribution in [0, 0.1) is 6.92 Å². The van der Waals surface area contributed by atoms with Crippen LogP contribution in [0.4, 0.5) is 14.5 Å². The van der Waals surface area contributed by atoms with Crippen LogP contribution in [0.2, 0.25) is 0 Å². The van der Waals surface area contributed by atoms with Gasteiger partial charge in [-0.3, -0.25) is 4.79 Å². The molecule has 1 amide bonds. The van der Waals surface area contributed by atoms with Crippen molar-refractivity contribution >= 4 is 11.6 Å². The molecule has 14 heavy (non-hydrogen) atoms. The van der Waals surface area contributed by atoms with Crippen LogP contribution in [0.25, 0.3) is 0 Å². The lowest BCUT2D eigenvalue weighted by Gasteiger charge is -2.07. The Morgan fingerprint density at radius 2 is 2.14 bits per heavy atom. The molecule has 0 unspecified atom stereocenters. The molecule has 5 heteroatoms. The van der Waals surface area contributed by atoms with E-state index >= 15 is 0 Å². The van der Waals surface area contributed by atoms with Crippen LogP contribution < -0.4 is 5.32 Å². The second kappa shape index (κ2) is 4.04. The van der Waals surface area contributed by atoms with Crippen molar-refractivity contribution < 1.29 is 18.7 Å². The summed E-state index contributed by atoms with van der Waals surface area (Å²) in [5.41, 5.74) is 0.798. The number of amides is 1. The maximum atomic E-state index is 11.9. The summed E-state index contributed by atoms with van der Waals surface area (Å²) in [7, 11) is 0. The van der Waals surface area contributed by atoms with Gasteiger partial charge in [0.25, 0.3) is 5.91 Å². The van der Waals surface area contributed by atoms with Crippen LogP contribution in [0.5, 0.6) is 5.75 Å². The molecule has 2 N–H and O–H groups in total. The number of hydrogen-bond acceptors (Lipinski definition) is 2. The Hall–Kier alpha value is -1.65. The van der Waals surface area contributed by atoms with E-state index in [1.807, 2.05) is 5.32 Å². The van der Waals surface area contributed by atoms with E-state index in [0.29, 0.717) is 5.56 Å². The van der Waals surface area contributed by atoms with Crippen LogP contribution in [0.15, 0.2) is 18.2 Å². The third-order valence-electron chi connectivity index (χ3n) is 1.67. The van der Waals surface area contributed by atoms with E-state index in [1.54, 1.807) is 6.92 Å². The molecule has 0 aromatic heterocycles. The standard InChI is InChI=1S/C9H9F2NO2/c1-5-4-6(13)2-3-7(5)12-9(14)8(10)11/h2-4,8,13H,1H3,(H,12,14). The largest absolute Gasteiger partial charge is 0.508 e. The molecule has 0 spiro atoms. The number of carbonyl (C=O) groups is 1. The van der Waals surface area contributed by atoms with E-state index in [-0.39, 0.29) is 11.4 Å². The Morgan fingerprint density at radius 3 is 2.64 bits per heavy atom. The van der Waals surface area contributed by atoms with Gasteiger partial charge in [0.15, 0.2) is 0 Å². The number of aromatic hydroxyl groups is 1. The predicted octanol–water partition coefficient (Wildman–Crippen LogP) is 1.90.